The fourth-order valence-electron chi connectivity index (χ4n) is 4.17. The van der Waals surface area contributed by atoms with Gasteiger partial charge in [-0.2, -0.15) is 0 Å². The molecule has 0 spiro atoms. The third-order valence-electron chi connectivity index (χ3n) is 5.90. The number of hydrogen-bond acceptors (Lipinski definition) is 5. The molecular weight excluding hydrogens is 484 g/mol. The number of sulfonamides is 2. The van der Waals surface area contributed by atoms with Crippen LogP contribution in [0.5, 0.6) is 5.75 Å². The van der Waals surface area contributed by atoms with Crippen molar-refractivity contribution < 1.29 is 21.9 Å². The van der Waals surface area contributed by atoms with Gasteiger partial charge in [0.1, 0.15) is 5.75 Å². The van der Waals surface area contributed by atoms with Crippen LogP contribution >= 0.6 is 0 Å². The quantitative estimate of drug-likeness (QED) is 0.369. The van der Waals surface area contributed by atoms with Crippen LogP contribution in [-0.4, -0.2) is 21.9 Å². The van der Waals surface area contributed by atoms with Crippen LogP contribution in [0.15, 0.2) is 88.7 Å². The van der Waals surface area contributed by atoms with Crippen LogP contribution in [0.2, 0.25) is 0 Å². The Bertz CT molecular complexity index is 1580. The lowest BCUT2D eigenvalue weighted by atomic mass is 10.1. The van der Waals surface area contributed by atoms with E-state index >= 15 is 0 Å². The molecule has 3 N–H and O–H groups in total. The van der Waals surface area contributed by atoms with E-state index in [0.717, 1.165) is 17.2 Å². The van der Waals surface area contributed by atoms with Crippen molar-refractivity contribution in [3.05, 3.63) is 90.0 Å². The Balaban J connectivity index is 2.14. The van der Waals surface area contributed by atoms with Crippen molar-refractivity contribution in [3.8, 4) is 5.75 Å². The van der Waals surface area contributed by atoms with Crippen molar-refractivity contribution in [1.29, 1.82) is 0 Å². The number of fused-ring (bicyclic) bond motifs is 1. The molecule has 4 aromatic carbocycles. The first-order valence-electron chi connectivity index (χ1n) is 11.1. The van der Waals surface area contributed by atoms with Gasteiger partial charge in [0.15, 0.2) is 0 Å². The van der Waals surface area contributed by atoms with Gasteiger partial charge in [0.05, 0.1) is 21.2 Å². The maximum Gasteiger partial charge on any atom is 0.269 e. The summed E-state index contributed by atoms with van der Waals surface area (Å²) in [7, 11) is -8.61. The molecule has 182 valence electrons. The van der Waals surface area contributed by atoms with Gasteiger partial charge in [0, 0.05) is 5.39 Å². The first-order chi connectivity index (χ1) is 16.6. The van der Waals surface area contributed by atoms with Gasteiger partial charge in [-0.3, -0.25) is 0 Å². The average molecular weight is 511 g/mol. The van der Waals surface area contributed by atoms with Gasteiger partial charge in [-0.25, -0.2) is 26.3 Å². The van der Waals surface area contributed by atoms with Crippen molar-refractivity contribution in [3.63, 3.8) is 0 Å². The molecule has 0 aromatic heterocycles. The number of nitrogens with two attached hydrogens (primary N) is 1. The number of aromatic hydroxyl groups is 1. The number of para-hydroxylation sites is 2. The summed E-state index contributed by atoms with van der Waals surface area (Å²) >= 11 is 0. The Morgan fingerprint density at radius 2 is 1.31 bits per heavy atom. The summed E-state index contributed by atoms with van der Waals surface area (Å²) in [6, 6.07) is 20.9. The molecule has 9 heteroatoms. The maximum atomic E-state index is 14.5. The van der Waals surface area contributed by atoms with E-state index in [1.807, 2.05) is 38.1 Å². The highest BCUT2D eigenvalue weighted by Crippen LogP contribution is 2.40. The van der Waals surface area contributed by atoms with Gasteiger partial charge >= 0.3 is 0 Å². The van der Waals surface area contributed by atoms with Crippen molar-refractivity contribution in [2.45, 2.75) is 36.5 Å². The molecule has 4 rings (SSSR count). The number of phenolic OH excluding ortho intramolecular Hbond substituents is 1. The van der Waals surface area contributed by atoms with Crippen molar-refractivity contribution >= 4 is 42.2 Å². The van der Waals surface area contributed by atoms with Gasteiger partial charge < -0.3 is 5.11 Å². The molecule has 35 heavy (non-hydrogen) atoms. The highest BCUT2D eigenvalue weighted by Gasteiger charge is 2.32. The lowest BCUT2D eigenvalue weighted by Gasteiger charge is -2.29. The van der Waals surface area contributed by atoms with Gasteiger partial charge in [-0.1, -0.05) is 56.3 Å². The molecule has 0 aliphatic heterocycles. The monoisotopic (exact) mass is 510 g/mol. The Morgan fingerprint density at radius 3 is 1.83 bits per heavy atom. The molecule has 0 atom stereocenters. The number of anilines is 2. The first kappa shape index (κ1) is 24.7. The molecule has 0 amide bonds. The van der Waals surface area contributed by atoms with Gasteiger partial charge in [0.2, 0.25) is 10.0 Å². The van der Waals surface area contributed by atoms with Gasteiger partial charge in [-0.05, 0) is 65.8 Å². The minimum atomic E-state index is -4.40. The zero-order valence-corrected chi connectivity index (χ0v) is 21.0. The zero-order valence-electron chi connectivity index (χ0n) is 19.3. The van der Waals surface area contributed by atoms with E-state index in [1.54, 1.807) is 24.3 Å². The second-order valence-electron chi connectivity index (χ2n) is 8.11. The largest absolute Gasteiger partial charge is 0.508 e. The second-order valence-corrected chi connectivity index (χ2v) is 11.4. The molecular formula is C26H26N2O5S2. The summed E-state index contributed by atoms with van der Waals surface area (Å²) < 4.78 is 54.7. The van der Waals surface area contributed by atoms with Crippen LogP contribution in [0.3, 0.4) is 0 Å². The molecule has 0 unspecified atom stereocenters. The molecule has 7 nitrogen and oxygen atoms in total. The molecule has 0 fully saturated rings. The average Bonchev–Trinajstić information content (AvgIpc) is 2.83. The van der Waals surface area contributed by atoms with Crippen LogP contribution in [0, 0.1) is 0 Å². The molecule has 0 saturated carbocycles. The van der Waals surface area contributed by atoms with E-state index in [0.29, 0.717) is 29.6 Å². The Labute approximate surface area is 205 Å². The van der Waals surface area contributed by atoms with Crippen LogP contribution in [0.4, 0.5) is 11.4 Å². The van der Waals surface area contributed by atoms with Crippen LogP contribution < -0.4 is 9.44 Å². The van der Waals surface area contributed by atoms with E-state index in [2.05, 4.69) is 0 Å². The summed E-state index contributed by atoms with van der Waals surface area (Å²) in [5, 5.41) is 16.0. The van der Waals surface area contributed by atoms with Crippen molar-refractivity contribution in [1.82, 2.24) is 0 Å². The van der Waals surface area contributed by atoms with E-state index in [1.165, 1.54) is 28.6 Å². The summed E-state index contributed by atoms with van der Waals surface area (Å²) in [5.41, 5.74) is 2.53. The van der Waals surface area contributed by atoms with Crippen LogP contribution in [0.25, 0.3) is 10.8 Å². The standard InChI is InChI=1S/C26H26N2O5S2/c1-3-18-9-5-7-11-24(18)28(25-12-8-6-10-19(25)4-2)35(32,33)26-17-22(34(27,30)31)15-20-13-14-21(29)16-23(20)26/h5-17,29H,3-4H2,1-2H3,(H2,27,30,31). The van der Waals surface area contributed by atoms with Crippen molar-refractivity contribution in [2.24, 2.45) is 5.14 Å². The third kappa shape index (κ3) is 4.62. The Kier molecular flexibility index (Phi) is 6.59. The van der Waals surface area contributed by atoms with Crippen molar-refractivity contribution in [2.75, 3.05) is 4.31 Å². The molecule has 0 radical (unpaired) electrons. The number of phenols is 1. The first-order valence-corrected chi connectivity index (χ1v) is 14.1. The highest BCUT2D eigenvalue weighted by atomic mass is 32.2. The molecule has 4 aromatic rings. The normalized spacial score (nSPS) is 12.1. The summed E-state index contributed by atoms with van der Waals surface area (Å²) in [4.78, 5) is -0.603. The molecule has 0 aliphatic rings. The van der Waals surface area contributed by atoms with E-state index in [-0.39, 0.29) is 20.9 Å². The molecule has 0 saturated heterocycles. The second kappa shape index (κ2) is 9.33. The van der Waals surface area contributed by atoms with E-state index < -0.39 is 20.0 Å². The Hall–Kier alpha value is -3.40. The SMILES string of the molecule is CCc1ccccc1N(c1ccccc1CC)S(=O)(=O)c1cc(S(N)(=O)=O)cc2ccc(O)cc12. The smallest absolute Gasteiger partial charge is 0.269 e. The number of rotatable bonds is 7. The van der Waals surface area contributed by atoms with Gasteiger partial charge in [0.25, 0.3) is 10.0 Å². The fraction of sp³-hybridized carbons (Fsp3) is 0.154. The van der Waals surface area contributed by atoms with Crippen LogP contribution in [-0.2, 0) is 32.9 Å². The molecule has 0 heterocycles. The summed E-state index contributed by atoms with van der Waals surface area (Å²) in [6.45, 7) is 3.87. The van der Waals surface area contributed by atoms with E-state index in [9.17, 15) is 21.9 Å². The lowest BCUT2D eigenvalue weighted by Crippen LogP contribution is -2.28. The van der Waals surface area contributed by atoms with Crippen LogP contribution in [0.1, 0.15) is 25.0 Å². The molecule has 0 bridgehead atoms. The topological polar surface area (TPSA) is 118 Å². The fourth-order valence-corrected chi connectivity index (χ4v) is 6.62. The predicted molar refractivity (Wildman–Crippen MR) is 138 cm³/mol. The summed E-state index contributed by atoms with van der Waals surface area (Å²) in [5.74, 6) is -0.147. The lowest BCUT2D eigenvalue weighted by molar-refractivity contribution is 0.476. The predicted octanol–water partition coefficient (Wildman–Crippen LogP) is 4.84. The highest BCUT2D eigenvalue weighted by molar-refractivity contribution is 7.93. The van der Waals surface area contributed by atoms with Gasteiger partial charge in [-0.15, -0.1) is 0 Å². The maximum absolute atomic E-state index is 14.5. The minimum Gasteiger partial charge on any atom is -0.508 e. The number of hydrogen-bond donors (Lipinski definition) is 2. The number of benzene rings is 4. The number of nitrogens with zero attached hydrogens (tertiary/aromatic N) is 1. The zero-order chi connectivity index (χ0) is 25.4. The number of primary sulfonamides is 1. The molecule has 0 aliphatic carbocycles. The Morgan fingerprint density at radius 1 is 0.771 bits per heavy atom. The summed E-state index contributed by atoms with van der Waals surface area (Å²) in [6.07, 6.45) is 1.16. The third-order valence-corrected chi connectivity index (χ3v) is 8.56. The van der Waals surface area contributed by atoms with E-state index in [4.69, 9.17) is 5.14 Å². The number of aryl methyl sites for hydroxylation is 2. The minimum absolute atomic E-state index is 0.147.